The Hall–Kier alpha value is -3.64. The number of rotatable bonds is 7. The zero-order chi connectivity index (χ0) is 21.6. The highest BCUT2D eigenvalue weighted by Gasteiger charge is 2.10. The van der Waals surface area contributed by atoms with Crippen molar-refractivity contribution in [3.8, 4) is 5.75 Å². The van der Waals surface area contributed by atoms with Crippen molar-refractivity contribution in [2.24, 2.45) is 0 Å². The first kappa shape index (κ1) is 20.6. The average molecular weight is 436 g/mol. The van der Waals surface area contributed by atoms with Crippen LogP contribution in [0.15, 0.2) is 85.1 Å². The molecule has 5 nitrogen and oxygen atoms in total. The molecule has 0 saturated heterocycles. The fourth-order valence-electron chi connectivity index (χ4n) is 3.03. The predicted molar refractivity (Wildman–Crippen MR) is 118 cm³/mol. The van der Waals surface area contributed by atoms with E-state index in [1.54, 1.807) is 65.5 Å². The molecule has 1 N–H and O–H groups in total. The lowest BCUT2D eigenvalue weighted by Crippen LogP contribution is -2.13. The summed E-state index contributed by atoms with van der Waals surface area (Å²) < 4.78 is 21.1. The molecule has 0 aliphatic heterocycles. The summed E-state index contributed by atoms with van der Waals surface area (Å²) in [7, 11) is 0. The molecule has 0 aliphatic carbocycles. The molecule has 0 aliphatic rings. The van der Waals surface area contributed by atoms with Gasteiger partial charge < -0.3 is 10.1 Å². The lowest BCUT2D eigenvalue weighted by Gasteiger charge is -2.08. The van der Waals surface area contributed by atoms with E-state index in [0.29, 0.717) is 34.3 Å². The Morgan fingerprint density at radius 1 is 1.03 bits per heavy atom. The molecular weight excluding hydrogens is 417 g/mol. The highest BCUT2D eigenvalue weighted by Crippen LogP contribution is 2.19. The summed E-state index contributed by atoms with van der Waals surface area (Å²) in [5.41, 5.74) is 1.85. The van der Waals surface area contributed by atoms with Gasteiger partial charge in [0.05, 0.1) is 6.54 Å². The highest BCUT2D eigenvalue weighted by atomic mass is 35.5. The first-order valence-electron chi connectivity index (χ1n) is 9.62. The minimum atomic E-state index is -0.291. The summed E-state index contributed by atoms with van der Waals surface area (Å²) in [6.07, 6.45) is 1.69. The Morgan fingerprint density at radius 2 is 1.87 bits per heavy atom. The molecule has 0 fully saturated rings. The van der Waals surface area contributed by atoms with Gasteiger partial charge in [0.2, 0.25) is 0 Å². The number of halogens is 2. The molecule has 31 heavy (non-hydrogen) atoms. The molecule has 1 amide bonds. The third kappa shape index (κ3) is 5.49. The van der Waals surface area contributed by atoms with Crippen molar-refractivity contribution in [1.82, 2.24) is 9.78 Å². The summed E-state index contributed by atoms with van der Waals surface area (Å²) >= 11 is 5.97. The van der Waals surface area contributed by atoms with Crippen molar-refractivity contribution < 1.29 is 13.9 Å². The maximum Gasteiger partial charge on any atom is 0.256 e. The SMILES string of the molecule is O=C(Nc1ccn(Cc2ccccc2F)n1)c1cccc(COc2cccc(Cl)c2)c1. The monoisotopic (exact) mass is 435 g/mol. The van der Waals surface area contributed by atoms with Gasteiger partial charge in [-0.1, -0.05) is 48.0 Å². The minimum absolute atomic E-state index is 0.277. The number of hydrogen-bond donors (Lipinski definition) is 1. The van der Waals surface area contributed by atoms with Crippen LogP contribution in [0, 0.1) is 5.82 Å². The third-order valence-electron chi connectivity index (χ3n) is 4.56. The van der Waals surface area contributed by atoms with E-state index in [1.165, 1.54) is 6.07 Å². The summed E-state index contributed by atoms with van der Waals surface area (Å²) in [5.74, 6) is 0.464. The number of nitrogens with one attached hydrogen (secondary N) is 1. The second-order valence-corrected chi connectivity index (χ2v) is 7.33. The van der Waals surface area contributed by atoms with Crippen LogP contribution in [-0.2, 0) is 13.2 Å². The molecule has 4 rings (SSSR count). The largest absolute Gasteiger partial charge is 0.489 e. The van der Waals surface area contributed by atoms with Crippen LogP contribution in [0.3, 0.4) is 0 Å². The highest BCUT2D eigenvalue weighted by molar-refractivity contribution is 6.30. The van der Waals surface area contributed by atoms with Gasteiger partial charge in [0.25, 0.3) is 5.91 Å². The molecule has 0 unspecified atom stereocenters. The lowest BCUT2D eigenvalue weighted by molar-refractivity contribution is 0.102. The third-order valence-corrected chi connectivity index (χ3v) is 4.80. The van der Waals surface area contributed by atoms with Crippen molar-refractivity contribution in [3.05, 3.63) is 113 Å². The van der Waals surface area contributed by atoms with Gasteiger partial charge in [-0.2, -0.15) is 5.10 Å². The molecule has 0 radical (unpaired) electrons. The number of aromatic nitrogens is 2. The van der Waals surface area contributed by atoms with Crippen molar-refractivity contribution in [1.29, 1.82) is 0 Å². The van der Waals surface area contributed by atoms with Gasteiger partial charge in [0.15, 0.2) is 5.82 Å². The Labute approximate surface area is 184 Å². The number of carbonyl (C=O) groups is 1. The van der Waals surface area contributed by atoms with Crippen LogP contribution in [0.1, 0.15) is 21.5 Å². The van der Waals surface area contributed by atoms with Crippen LogP contribution >= 0.6 is 11.6 Å². The first-order chi connectivity index (χ1) is 15.1. The van der Waals surface area contributed by atoms with E-state index < -0.39 is 0 Å². The predicted octanol–water partition coefficient (Wildman–Crippen LogP) is 5.56. The topological polar surface area (TPSA) is 56.2 Å². The number of benzene rings is 3. The summed E-state index contributed by atoms with van der Waals surface area (Å²) in [6.45, 7) is 0.581. The molecule has 1 heterocycles. The molecular formula is C24H19ClFN3O2. The molecule has 0 bridgehead atoms. The quantitative estimate of drug-likeness (QED) is 0.413. The van der Waals surface area contributed by atoms with Crippen molar-refractivity contribution >= 4 is 23.3 Å². The maximum absolute atomic E-state index is 13.8. The maximum atomic E-state index is 13.8. The van der Waals surface area contributed by atoms with E-state index in [0.717, 1.165) is 5.56 Å². The fourth-order valence-corrected chi connectivity index (χ4v) is 3.21. The summed E-state index contributed by atoms with van der Waals surface area (Å²) in [4.78, 5) is 12.6. The van der Waals surface area contributed by atoms with E-state index in [9.17, 15) is 9.18 Å². The number of hydrogen-bond acceptors (Lipinski definition) is 3. The fraction of sp³-hybridized carbons (Fsp3) is 0.0833. The lowest BCUT2D eigenvalue weighted by atomic mass is 10.1. The molecule has 4 aromatic rings. The number of carbonyl (C=O) groups excluding carboxylic acids is 1. The minimum Gasteiger partial charge on any atom is -0.489 e. The first-order valence-corrected chi connectivity index (χ1v) is 10.0. The molecule has 0 atom stereocenters. The van der Waals surface area contributed by atoms with Gasteiger partial charge in [-0.3, -0.25) is 9.48 Å². The van der Waals surface area contributed by atoms with E-state index >= 15 is 0 Å². The van der Waals surface area contributed by atoms with Crippen LogP contribution in [0.2, 0.25) is 5.02 Å². The normalized spacial score (nSPS) is 10.6. The number of anilines is 1. The zero-order valence-electron chi connectivity index (χ0n) is 16.5. The van der Waals surface area contributed by atoms with Crippen molar-refractivity contribution in [3.63, 3.8) is 0 Å². The zero-order valence-corrected chi connectivity index (χ0v) is 17.2. The van der Waals surface area contributed by atoms with Crippen LogP contribution < -0.4 is 10.1 Å². The number of ether oxygens (including phenoxy) is 1. The number of amides is 1. The summed E-state index contributed by atoms with van der Waals surface area (Å²) in [6, 6.07) is 22.5. The van der Waals surface area contributed by atoms with E-state index in [2.05, 4.69) is 10.4 Å². The van der Waals surface area contributed by atoms with E-state index in [4.69, 9.17) is 16.3 Å². The standard InChI is InChI=1S/C24H19ClFN3O2/c25-20-8-4-9-21(14-20)31-16-17-5-3-7-18(13-17)24(30)27-23-11-12-29(28-23)15-19-6-1-2-10-22(19)26/h1-14H,15-16H2,(H,27,28,30). The molecule has 156 valence electrons. The Balaban J connectivity index is 1.38. The van der Waals surface area contributed by atoms with Gasteiger partial charge in [0.1, 0.15) is 18.2 Å². The Bertz CT molecular complexity index is 1210. The van der Waals surface area contributed by atoms with Gasteiger partial charge in [-0.25, -0.2) is 4.39 Å². The van der Waals surface area contributed by atoms with Crippen molar-refractivity contribution in [2.75, 3.05) is 5.32 Å². The molecule has 0 saturated carbocycles. The Kier molecular flexibility index (Phi) is 6.29. The summed E-state index contributed by atoms with van der Waals surface area (Å²) in [5, 5.41) is 7.66. The van der Waals surface area contributed by atoms with Crippen LogP contribution in [0.25, 0.3) is 0 Å². The molecule has 7 heteroatoms. The van der Waals surface area contributed by atoms with Gasteiger partial charge >= 0.3 is 0 Å². The van der Waals surface area contributed by atoms with E-state index in [1.807, 2.05) is 18.2 Å². The molecule has 1 aromatic heterocycles. The van der Waals surface area contributed by atoms with Crippen LogP contribution in [0.4, 0.5) is 10.2 Å². The molecule has 0 spiro atoms. The van der Waals surface area contributed by atoms with Crippen molar-refractivity contribution in [2.45, 2.75) is 13.2 Å². The number of nitrogens with zero attached hydrogens (tertiary/aromatic N) is 2. The Morgan fingerprint density at radius 3 is 2.71 bits per heavy atom. The second-order valence-electron chi connectivity index (χ2n) is 6.89. The van der Waals surface area contributed by atoms with Gasteiger partial charge in [-0.15, -0.1) is 0 Å². The molecule has 3 aromatic carbocycles. The van der Waals surface area contributed by atoms with Crippen LogP contribution in [-0.4, -0.2) is 15.7 Å². The average Bonchev–Trinajstić information content (AvgIpc) is 3.21. The second kappa shape index (κ2) is 9.45. The van der Waals surface area contributed by atoms with Gasteiger partial charge in [0, 0.05) is 28.4 Å². The van der Waals surface area contributed by atoms with Gasteiger partial charge in [-0.05, 0) is 42.0 Å². The smallest absolute Gasteiger partial charge is 0.256 e. The van der Waals surface area contributed by atoms with Crippen LogP contribution in [0.5, 0.6) is 5.75 Å². The van der Waals surface area contributed by atoms with E-state index in [-0.39, 0.29) is 18.3 Å².